The monoisotopic (exact) mass is 232 g/mol. The molecule has 2 aliphatic rings. The van der Waals surface area contributed by atoms with Crippen LogP contribution in [0.4, 0.5) is 11.4 Å². The van der Waals surface area contributed by atoms with Crippen molar-refractivity contribution < 1.29 is 9.53 Å². The number of morpholine rings is 1. The zero-order valence-electron chi connectivity index (χ0n) is 9.76. The molecule has 1 fully saturated rings. The van der Waals surface area contributed by atoms with E-state index in [1.165, 1.54) is 11.3 Å². The zero-order chi connectivity index (χ0) is 11.7. The van der Waals surface area contributed by atoms with Crippen LogP contribution in [0.1, 0.15) is 5.56 Å². The number of ether oxygens (including phenoxy) is 1. The fourth-order valence-corrected chi connectivity index (χ4v) is 2.54. The third kappa shape index (κ3) is 1.89. The van der Waals surface area contributed by atoms with Crippen LogP contribution in [0.15, 0.2) is 18.2 Å². The summed E-state index contributed by atoms with van der Waals surface area (Å²) in [5.74, 6) is 0. The van der Waals surface area contributed by atoms with E-state index in [2.05, 4.69) is 23.1 Å². The molecule has 1 aromatic rings. The molecule has 4 nitrogen and oxygen atoms in total. The predicted octanol–water partition coefficient (Wildman–Crippen LogP) is 1.04. The first-order valence-electron chi connectivity index (χ1n) is 6.06. The molecule has 0 bridgehead atoms. The molecule has 1 aromatic carbocycles. The Morgan fingerprint density at radius 3 is 2.76 bits per heavy atom. The van der Waals surface area contributed by atoms with Crippen LogP contribution in [-0.4, -0.2) is 39.3 Å². The maximum atomic E-state index is 10.9. The normalized spacial score (nSPS) is 19.3. The highest BCUT2D eigenvalue weighted by molar-refractivity contribution is 5.80. The second-order valence-corrected chi connectivity index (χ2v) is 4.46. The first kappa shape index (κ1) is 10.6. The van der Waals surface area contributed by atoms with Gasteiger partial charge in [0.2, 0.25) is 6.41 Å². The van der Waals surface area contributed by atoms with Crippen molar-refractivity contribution in [3.63, 3.8) is 0 Å². The first-order chi connectivity index (χ1) is 8.38. The maximum absolute atomic E-state index is 10.9. The smallest absolute Gasteiger partial charge is 0.214 e. The van der Waals surface area contributed by atoms with Crippen LogP contribution in [0, 0.1) is 0 Å². The Bertz CT molecular complexity index is 427. The van der Waals surface area contributed by atoms with Crippen LogP contribution >= 0.6 is 0 Å². The molecule has 1 saturated heterocycles. The lowest BCUT2D eigenvalue weighted by Gasteiger charge is -2.29. The third-order valence-corrected chi connectivity index (χ3v) is 3.50. The van der Waals surface area contributed by atoms with Crippen molar-refractivity contribution in [2.45, 2.75) is 6.42 Å². The topological polar surface area (TPSA) is 32.8 Å². The number of benzene rings is 1. The number of carbonyl (C=O) groups is 1. The van der Waals surface area contributed by atoms with Gasteiger partial charge in [-0.1, -0.05) is 0 Å². The number of carbonyl (C=O) groups excluding carboxylic acids is 1. The molecule has 0 radical (unpaired) electrons. The molecule has 4 heteroatoms. The van der Waals surface area contributed by atoms with Gasteiger partial charge in [0.05, 0.1) is 13.2 Å². The molecule has 1 amide bonds. The number of anilines is 2. The quantitative estimate of drug-likeness (QED) is 0.714. The number of rotatable bonds is 2. The van der Waals surface area contributed by atoms with E-state index < -0.39 is 0 Å². The van der Waals surface area contributed by atoms with Crippen LogP contribution < -0.4 is 9.80 Å². The van der Waals surface area contributed by atoms with Crippen molar-refractivity contribution in [2.24, 2.45) is 0 Å². The van der Waals surface area contributed by atoms with Crippen molar-refractivity contribution in [1.29, 1.82) is 0 Å². The van der Waals surface area contributed by atoms with Gasteiger partial charge in [-0.05, 0) is 30.2 Å². The fraction of sp³-hybridized carbons (Fsp3) is 0.462. The lowest BCUT2D eigenvalue weighted by Crippen LogP contribution is -2.36. The number of hydrogen-bond donors (Lipinski definition) is 0. The summed E-state index contributed by atoms with van der Waals surface area (Å²) >= 11 is 0. The van der Waals surface area contributed by atoms with Gasteiger partial charge in [0.15, 0.2) is 0 Å². The van der Waals surface area contributed by atoms with E-state index >= 15 is 0 Å². The molecule has 0 N–H and O–H groups in total. The molecule has 2 aliphatic heterocycles. The molecule has 3 rings (SSSR count). The molecule has 0 atom stereocenters. The van der Waals surface area contributed by atoms with Gasteiger partial charge < -0.3 is 14.5 Å². The average Bonchev–Trinajstić information content (AvgIpc) is 2.81. The highest BCUT2D eigenvalue weighted by Gasteiger charge is 2.20. The summed E-state index contributed by atoms with van der Waals surface area (Å²) < 4.78 is 5.35. The van der Waals surface area contributed by atoms with Gasteiger partial charge in [-0.15, -0.1) is 0 Å². The van der Waals surface area contributed by atoms with Crippen LogP contribution in [-0.2, 0) is 16.0 Å². The Labute approximate surface area is 101 Å². The Kier molecular flexibility index (Phi) is 2.73. The van der Waals surface area contributed by atoms with E-state index in [-0.39, 0.29) is 0 Å². The van der Waals surface area contributed by atoms with E-state index in [1.54, 1.807) is 4.90 Å². The lowest BCUT2D eigenvalue weighted by atomic mass is 10.1. The highest BCUT2D eigenvalue weighted by Crippen LogP contribution is 2.30. The van der Waals surface area contributed by atoms with Gasteiger partial charge in [0.25, 0.3) is 0 Å². The zero-order valence-corrected chi connectivity index (χ0v) is 9.76. The summed E-state index contributed by atoms with van der Waals surface area (Å²) in [5.41, 5.74) is 3.60. The van der Waals surface area contributed by atoms with Crippen molar-refractivity contribution in [3.8, 4) is 0 Å². The van der Waals surface area contributed by atoms with Crippen molar-refractivity contribution in [1.82, 2.24) is 0 Å². The van der Waals surface area contributed by atoms with E-state index in [0.29, 0.717) is 0 Å². The minimum absolute atomic E-state index is 0.803. The second kappa shape index (κ2) is 4.37. The van der Waals surface area contributed by atoms with Gasteiger partial charge in [-0.2, -0.15) is 0 Å². The number of amides is 1. The van der Waals surface area contributed by atoms with Crippen molar-refractivity contribution >= 4 is 17.8 Å². The molecular formula is C13H16N2O2. The van der Waals surface area contributed by atoms with Gasteiger partial charge in [0.1, 0.15) is 0 Å². The van der Waals surface area contributed by atoms with E-state index in [1.807, 2.05) is 0 Å². The van der Waals surface area contributed by atoms with Crippen LogP contribution in [0.3, 0.4) is 0 Å². The third-order valence-electron chi connectivity index (χ3n) is 3.50. The summed E-state index contributed by atoms with van der Waals surface area (Å²) in [6.07, 6.45) is 1.88. The van der Waals surface area contributed by atoms with Gasteiger partial charge in [-0.25, -0.2) is 0 Å². The number of fused-ring (bicyclic) bond motifs is 1. The minimum Gasteiger partial charge on any atom is -0.378 e. The number of hydrogen-bond acceptors (Lipinski definition) is 3. The van der Waals surface area contributed by atoms with E-state index in [9.17, 15) is 4.79 Å². The average molecular weight is 232 g/mol. The Morgan fingerprint density at radius 2 is 2.00 bits per heavy atom. The molecule has 2 heterocycles. The summed E-state index contributed by atoms with van der Waals surface area (Å²) in [5, 5.41) is 0. The van der Waals surface area contributed by atoms with Crippen LogP contribution in [0.2, 0.25) is 0 Å². The molecule has 0 aromatic heterocycles. The summed E-state index contributed by atoms with van der Waals surface area (Å²) in [6.45, 7) is 4.33. The Balaban J connectivity index is 1.86. The second-order valence-electron chi connectivity index (χ2n) is 4.46. The molecule has 0 aliphatic carbocycles. The van der Waals surface area contributed by atoms with E-state index in [0.717, 1.165) is 51.4 Å². The predicted molar refractivity (Wildman–Crippen MR) is 66.6 cm³/mol. The molecule has 0 saturated carbocycles. The SMILES string of the molecule is O=CN1CCc2cc(N3CCOCC3)ccc21. The van der Waals surface area contributed by atoms with Crippen LogP contribution in [0.5, 0.6) is 0 Å². The highest BCUT2D eigenvalue weighted by atomic mass is 16.5. The lowest BCUT2D eigenvalue weighted by molar-refractivity contribution is -0.107. The molecular weight excluding hydrogens is 216 g/mol. The van der Waals surface area contributed by atoms with Crippen molar-refractivity contribution in [3.05, 3.63) is 23.8 Å². The maximum Gasteiger partial charge on any atom is 0.214 e. The summed E-state index contributed by atoms with van der Waals surface area (Å²) in [6, 6.07) is 6.37. The van der Waals surface area contributed by atoms with Gasteiger partial charge >= 0.3 is 0 Å². The summed E-state index contributed by atoms with van der Waals surface area (Å²) in [4.78, 5) is 15.0. The minimum atomic E-state index is 0.803. The fourth-order valence-electron chi connectivity index (χ4n) is 2.54. The Hall–Kier alpha value is -1.55. The Morgan fingerprint density at radius 1 is 1.18 bits per heavy atom. The summed E-state index contributed by atoms with van der Waals surface area (Å²) in [7, 11) is 0. The molecule has 0 unspecified atom stereocenters. The molecule has 17 heavy (non-hydrogen) atoms. The molecule has 0 spiro atoms. The molecule has 90 valence electrons. The van der Waals surface area contributed by atoms with Crippen molar-refractivity contribution in [2.75, 3.05) is 42.6 Å². The number of nitrogens with zero attached hydrogens (tertiary/aromatic N) is 2. The van der Waals surface area contributed by atoms with Crippen LogP contribution in [0.25, 0.3) is 0 Å². The van der Waals surface area contributed by atoms with Gasteiger partial charge in [0, 0.05) is 31.0 Å². The van der Waals surface area contributed by atoms with Gasteiger partial charge in [-0.3, -0.25) is 4.79 Å². The largest absolute Gasteiger partial charge is 0.378 e. The standard InChI is InChI=1S/C13H16N2O2/c16-10-15-4-3-11-9-12(1-2-13(11)15)14-5-7-17-8-6-14/h1-2,9-10H,3-8H2. The first-order valence-corrected chi connectivity index (χ1v) is 6.06. The van der Waals surface area contributed by atoms with E-state index in [4.69, 9.17) is 4.74 Å².